The van der Waals surface area contributed by atoms with Crippen molar-refractivity contribution in [3.8, 4) is 5.75 Å². The van der Waals surface area contributed by atoms with Gasteiger partial charge >= 0.3 is 5.97 Å². The van der Waals surface area contributed by atoms with Crippen molar-refractivity contribution < 1.29 is 14.6 Å². The van der Waals surface area contributed by atoms with Crippen LogP contribution in [0.25, 0.3) is 0 Å². The predicted octanol–water partition coefficient (Wildman–Crippen LogP) is 3.41. The van der Waals surface area contributed by atoms with E-state index in [-0.39, 0.29) is 0 Å². The van der Waals surface area contributed by atoms with Crippen molar-refractivity contribution in [2.75, 3.05) is 25.6 Å². The molecule has 0 fully saturated rings. The fourth-order valence-electron chi connectivity index (χ4n) is 1.99. The second-order valence-corrected chi connectivity index (χ2v) is 5.77. The largest absolute Gasteiger partial charge is 0.497 e. The first-order valence-electron chi connectivity index (χ1n) is 6.95. The van der Waals surface area contributed by atoms with Crippen LogP contribution in [0.4, 0.5) is 5.69 Å². The first-order chi connectivity index (χ1) is 9.36. The Morgan fingerprint density at radius 1 is 1.25 bits per heavy atom. The molecule has 0 aromatic heterocycles. The highest BCUT2D eigenvalue weighted by molar-refractivity contribution is 5.73. The van der Waals surface area contributed by atoms with Gasteiger partial charge in [-0.1, -0.05) is 6.42 Å². The zero-order chi connectivity index (χ0) is 15.2. The summed E-state index contributed by atoms with van der Waals surface area (Å²) < 4.78 is 5.13. The summed E-state index contributed by atoms with van der Waals surface area (Å²) in [5.41, 5.74) is 0.516. The lowest BCUT2D eigenvalue weighted by molar-refractivity contribution is -0.147. The average molecular weight is 279 g/mol. The average Bonchev–Trinajstić information content (AvgIpc) is 2.43. The topological polar surface area (TPSA) is 49.8 Å². The van der Waals surface area contributed by atoms with Crippen molar-refractivity contribution >= 4 is 11.7 Å². The molecule has 20 heavy (non-hydrogen) atoms. The lowest BCUT2D eigenvalue weighted by atomic mass is 9.87. The molecule has 1 aromatic rings. The van der Waals surface area contributed by atoms with Crippen LogP contribution in [-0.4, -0.2) is 31.8 Å². The van der Waals surface area contributed by atoms with Crippen molar-refractivity contribution in [1.82, 2.24) is 0 Å². The molecule has 0 aliphatic carbocycles. The Morgan fingerprint density at radius 2 is 1.85 bits per heavy atom. The van der Waals surface area contributed by atoms with Gasteiger partial charge in [-0.3, -0.25) is 4.79 Å². The van der Waals surface area contributed by atoms with Crippen molar-refractivity contribution in [1.29, 1.82) is 0 Å². The fraction of sp³-hybridized carbons (Fsp3) is 0.562. The first-order valence-corrected chi connectivity index (χ1v) is 6.95. The summed E-state index contributed by atoms with van der Waals surface area (Å²) in [5, 5.41) is 9.05. The van der Waals surface area contributed by atoms with E-state index in [4.69, 9.17) is 9.84 Å². The standard InChI is InChI=1S/C16H25NO3/c1-16(2,15(18)19)11-5-6-12-17(3)13-7-9-14(20-4)10-8-13/h7-10H,5-6,11-12H2,1-4H3,(H,18,19). The van der Waals surface area contributed by atoms with E-state index in [2.05, 4.69) is 4.90 Å². The number of hydrogen-bond acceptors (Lipinski definition) is 3. The molecule has 0 aliphatic heterocycles. The zero-order valence-corrected chi connectivity index (χ0v) is 12.8. The molecule has 0 atom stereocenters. The van der Waals surface area contributed by atoms with Crippen LogP contribution in [0.1, 0.15) is 33.1 Å². The Labute approximate surface area is 121 Å². The quantitative estimate of drug-likeness (QED) is 0.741. The number of rotatable bonds is 8. The lowest BCUT2D eigenvalue weighted by Crippen LogP contribution is -2.24. The van der Waals surface area contributed by atoms with Gasteiger partial charge in [0.15, 0.2) is 0 Å². The summed E-state index contributed by atoms with van der Waals surface area (Å²) in [5.74, 6) is 0.131. The molecule has 0 heterocycles. The van der Waals surface area contributed by atoms with E-state index >= 15 is 0 Å². The van der Waals surface area contributed by atoms with Gasteiger partial charge in [-0.2, -0.15) is 0 Å². The van der Waals surface area contributed by atoms with Crippen LogP contribution < -0.4 is 9.64 Å². The molecule has 112 valence electrons. The number of ether oxygens (including phenoxy) is 1. The van der Waals surface area contributed by atoms with E-state index in [1.165, 1.54) is 0 Å². The van der Waals surface area contributed by atoms with Crippen LogP contribution >= 0.6 is 0 Å². The minimum absolute atomic E-state index is 0.626. The second kappa shape index (κ2) is 7.17. The van der Waals surface area contributed by atoms with Crippen LogP contribution in [0.5, 0.6) is 5.75 Å². The molecule has 0 spiro atoms. The number of carboxylic acids is 1. The molecular formula is C16H25NO3. The molecule has 1 rings (SSSR count). The molecule has 4 nitrogen and oxygen atoms in total. The minimum atomic E-state index is -0.721. The smallest absolute Gasteiger partial charge is 0.309 e. The molecule has 4 heteroatoms. The SMILES string of the molecule is COc1ccc(N(C)CCCCC(C)(C)C(=O)O)cc1. The summed E-state index contributed by atoms with van der Waals surface area (Å²) >= 11 is 0. The number of carboxylic acid groups (broad SMARTS) is 1. The number of unbranched alkanes of at least 4 members (excludes halogenated alkanes) is 1. The van der Waals surface area contributed by atoms with Crippen molar-refractivity contribution in [3.05, 3.63) is 24.3 Å². The lowest BCUT2D eigenvalue weighted by Gasteiger charge is -2.22. The van der Waals surface area contributed by atoms with Crippen LogP contribution in [0.2, 0.25) is 0 Å². The molecule has 0 aliphatic rings. The Balaban J connectivity index is 2.36. The fourth-order valence-corrected chi connectivity index (χ4v) is 1.99. The van der Waals surface area contributed by atoms with E-state index in [0.717, 1.165) is 30.8 Å². The minimum Gasteiger partial charge on any atom is -0.497 e. The number of anilines is 1. The maximum absolute atomic E-state index is 11.0. The van der Waals surface area contributed by atoms with E-state index < -0.39 is 11.4 Å². The Bertz CT molecular complexity index is 426. The van der Waals surface area contributed by atoms with Crippen molar-refractivity contribution in [2.45, 2.75) is 33.1 Å². The van der Waals surface area contributed by atoms with Gasteiger partial charge in [-0.05, 0) is 51.0 Å². The number of hydrogen-bond donors (Lipinski definition) is 1. The molecule has 0 unspecified atom stereocenters. The Morgan fingerprint density at radius 3 is 2.35 bits per heavy atom. The predicted molar refractivity (Wildman–Crippen MR) is 81.5 cm³/mol. The first kappa shape index (κ1) is 16.3. The summed E-state index contributed by atoms with van der Waals surface area (Å²) in [6, 6.07) is 7.94. The van der Waals surface area contributed by atoms with Gasteiger partial charge in [0, 0.05) is 19.3 Å². The molecule has 0 radical (unpaired) electrons. The number of nitrogens with zero attached hydrogens (tertiary/aromatic N) is 1. The van der Waals surface area contributed by atoms with Gasteiger partial charge in [-0.25, -0.2) is 0 Å². The third kappa shape index (κ3) is 4.76. The summed E-state index contributed by atoms with van der Waals surface area (Å²) in [6.45, 7) is 4.48. The highest BCUT2D eigenvalue weighted by atomic mass is 16.5. The third-order valence-electron chi connectivity index (χ3n) is 3.64. The normalized spacial score (nSPS) is 11.2. The molecule has 0 bridgehead atoms. The number of methoxy groups -OCH3 is 1. The van der Waals surface area contributed by atoms with Gasteiger partial charge in [0.05, 0.1) is 12.5 Å². The van der Waals surface area contributed by atoms with Gasteiger partial charge < -0.3 is 14.7 Å². The summed E-state index contributed by atoms with van der Waals surface area (Å²) in [7, 11) is 3.70. The maximum atomic E-state index is 11.0. The van der Waals surface area contributed by atoms with E-state index in [0.29, 0.717) is 6.42 Å². The highest BCUT2D eigenvalue weighted by Gasteiger charge is 2.25. The van der Waals surface area contributed by atoms with Crippen molar-refractivity contribution in [2.24, 2.45) is 5.41 Å². The maximum Gasteiger partial charge on any atom is 0.309 e. The van der Waals surface area contributed by atoms with Crippen LogP contribution in [0.3, 0.4) is 0 Å². The molecule has 0 amide bonds. The highest BCUT2D eigenvalue weighted by Crippen LogP contribution is 2.24. The van der Waals surface area contributed by atoms with Crippen LogP contribution in [-0.2, 0) is 4.79 Å². The van der Waals surface area contributed by atoms with Gasteiger partial charge in [0.2, 0.25) is 0 Å². The number of carbonyl (C=O) groups is 1. The van der Waals surface area contributed by atoms with Gasteiger partial charge in [-0.15, -0.1) is 0 Å². The summed E-state index contributed by atoms with van der Waals surface area (Å²) in [6.07, 6.45) is 2.61. The molecule has 0 saturated heterocycles. The monoisotopic (exact) mass is 279 g/mol. The molecule has 1 N–H and O–H groups in total. The number of benzene rings is 1. The van der Waals surface area contributed by atoms with E-state index in [1.807, 2.05) is 31.3 Å². The Hall–Kier alpha value is -1.71. The molecule has 1 aromatic carbocycles. The van der Waals surface area contributed by atoms with E-state index in [9.17, 15) is 4.79 Å². The van der Waals surface area contributed by atoms with Crippen LogP contribution in [0.15, 0.2) is 24.3 Å². The zero-order valence-electron chi connectivity index (χ0n) is 12.8. The number of aliphatic carboxylic acids is 1. The molecule has 0 saturated carbocycles. The van der Waals surface area contributed by atoms with Gasteiger partial charge in [0.1, 0.15) is 5.75 Å². The van der Waals surface area contributed by atoms with Gasteiger partial charge in [0.25, 0.3) is 0 Å². The van der Waals surface area contributed by atoms with Crippen LogP contribution in [0, 0.1) is 5.41 Å². The molecular weight excluding hydrogens is 254 g/mol. The second-order valence-electron chi connectivity index (χ2n) is 5.77. The third-order valence-corrected chi connectivity index (χ3v) is 3.64. The van der Waals surface area contributed by atoms with E-state index in [1.54, 1.807) is 21.0 Å². The van der Waals surface area contributed by atoms with Crippen molar-refractivity contribution in [3.63, 3.8) is 0 Å². The summed E-state index contributed by atoms with van der Waals surface area (Å²) in [4.78, 5) is 13.2. The Kier molecular flexibility index (Phi) is 5.86.